The number of morpholine rings is 1. The molecule has 7 nitrogen and oxygen atoms in total. The van der Waals surface area contributed by atoms with Gasteiger partial charge in [-0.05, 0) is 26.8 Å². The standard InChI is InChI=1S/C13H23N3O4S/c1-5-16-12(6-7-14-16)21(17,18)15-8-11(9-19-4)20-13(2,3)10-15/h6-7,11H,5,8-10H2,1-4H3/t11-/m0/s1. The van der Waals surface area contributed by atoms with E-state index in [0.717, 1.165) is 0 Å². The topological polar surface area (TPSA) is 73.7 Å². The van der Waals surface area contributed by atoms with E-state index in [1.807, 2.05) is 20.8 Å². The molecule has 0 saturated carbocycles. The molecule has 2 heterocycles. The fourth-order valence-corrected chi connectivity index (χ4v) is 4.39. The molecule has 0 bridgehead atoms. The second kappa shape index (κ2) is 6.04. The molecule has 1 fully saturated rings. The lowest BCUT2D eigenvalue weighted by molar-refractivity contribution is -0.135. The van der Waals surface area contributed by atoms with E-state index in [9.17, 15) is 8.42 Å². The molecule has 1 aromatic heterocycles. The number of methoxy groups -OCH3 is 1. The molecule has 0 aliphatic carbocycles. The number of hydrogen-bond acceptors (Lipinski definition) is 5. The minimum Gasteiger partial charge on any atom is -0.382 e. The van der Waals surface area contributed by atoms with Crippen LogP contribution >= 0.6 is 0 Å². The molecule has 0 aromatic carbocycles. The van der Waals surface area contributed by atoms with E-state index in [1.54, 1.807) is 7.11 Å². The van der Waals surface area contributed by atoms with Crippen molar-refractivity contribution in [2.24, 2.45) is 0 Å². The van der Waals surface area contributed by atoms with Gasteiger partial charge >= 0.3 is 0 Å². The summed E-state index contributed by atoms with van der Waals surface area (Å²) in [6.45, 7) is 7.10. The first kappa shape index (κ1) is 16.4. The summed E-state index contributed by atoms with van der Waals surface area (Å²) in [6.07, 6.45) is 1.24. The zero-order valence-electron chi connectivity index (χ0n) is 12.9. The first-order valence-electron chi connectivity index (χ1n) is 6.99. The van der Waals surface area contributed by atoms with Gasteiger partial charge in [0.2, 0.25) is 0 Å². The van der Waals surface area contributed by atoms with Crippen molar-refractivity contribution in [3.8, 4) is 0 Å². The number of sulfonamides is 1. The van der Waals surface area contributed by atoms with Gasteiger partial charge in [0.15, 0.2) is 5.03 Å². The maximum absolute atomic E-state index is 12.8. The molecule has 1 aromatic rings. The van der Waals surface area contributed by atoms with Crippen molar-refractivity contribution in [1.29, 1.82) is 0 Å². The molecule has 21 heavy (non-hydrogen) atoms. The normalized spacial score (nSPS) is 23.3. The molecule has 0 N–H and O–H groups in total. The highest BCUT2D eigenvalue weighted by Gasteiger charge is 2.40. The zero-order valence-corrected chi connectivity index (χ0v) is 13.8. The van der Waals surface area contributed by atoms with Crippen molar-refractivity contribution in [3.05, 3.63) is 12.3 Å². The van der Waals surface area contributed by atoms with E-state index in [4.69, 9.17) is 9.47 Å². The summed E-state index contributed by atoms with van der Waals surface area (Å²) in [5, 5.41) is 4.26. The van der Waals surface area contributed by atoms with Crippen LogP contribution in [0.1, 0.15) is 20.8 Å². The predicted molar refractivity (Wildman–Crippen MR) is 77.5 cm³/mol. The Bertz CT molecular complexity index is 582. The minimum absolute atomic E-state index is 0.221. The van der Waals surface area contributed by atoms with Crippen molar-refractivity contribution in [2.45, 2.75) is 44.0 Å². The van der Waals surface area contributed by atoms with E-state index >= 15 is 0 Å². The summed E-state index contributed by atoms with van der Waals surface area (Å²) in [6, 6.07) is 1.53. The summed E-state index contributed by atoms with van der Waals surface area (Å²) in [7, 11) is -2.01. The third-order valence-electron chi connectivity index (χ3n) is 3.38. The lowest BCUT2D eigenvalue weighted by Gasteiger charge is -2.41. The molecule has 1 atom stereocenters. The number of ether oxygens (including phenoxy) is 2. The van der Waals surface area contributed by atoms with Crippen LogP contribution in [-0.4, -0.2) is 61.0 Å². The molecule has 2 rings (SSSR count). The summed E-state index contributed by atoms with van der Waals surface area (Å²) in [5.74, 6) is 0. The van der Waals surface area contributed by atoms with Gasteiger partial charge in [0.1, 0.15) is 0 Å². The molecule has 1 aliphatic rings. The van der Waals surface area contributed by atoms with Crippen molar-refractivity contribution in [3.63, 3.8) is 0 Å². The molecular weight excluding hydrogens is 294 g/mol. The third kappa shape index (κ3) is 3.45. The van der Waals surface area contributed by atoms with Crippen LogP contribution < -0.4 is 0 Å². The van der Waals surface area contributed by atoms with E-state index in [0.29, 0.717) is 19.7 Å². The average molecular weight is 317 g/mol. The molecule has 0 amide bonds. The average Bonchev–Trinajstić information content (AvgIpc) is 2.86. The Morgan fingerprint density at radius 2 is 2.24 bits per heavy atom. The molecule has 120 valence electrons. The predicted octanol–water partition coefficient (Wildman–Crippen LogP) is 0.717. The Morgan fingerprint density at radius 3 is 2.86 bits per heavy atom. The molecular formula is C13H23N3O4S. The molecule has 0 spiro atoms. The number of aromatic nitrogens is 2. The Balaban J connectivity index is 2.30. The monoisotopic (exact) mass is 317 g/mol. The quantitative estimate of drug-likeness (QED) is 0.800. The molecule has 8 heteroatoms. The Labute approximate surface area is 125 Å². The SMILES string of the molecule is CCn1nccc1S(=O)(=O)N1C[C@@H](COC)OC(C)(C)C1. The van der Waals surface area contributed by atoms with Gasteiger partial charge < -0.3 is 9.47 Å². The van der Waals surface area contributed by atoms with Crippen LogP contribution in [0.15, 0.2) is 17.3 Å². The first-order valence-corrected chi connectivity index (χ1v) is 8.43. The fourth-order valence-electron chi connectivity index (χ4n) is 2.61. The van der Waals surface area contributed by atoms with Crippen LogP contribution in [0, 0.1) is 0 Å². The summed E-state index contributed by atoms with van der Waals surface area (Å²) in [5.41, 5.74) is -0.550. The van der Waals surface area contributed by atoms with Gasteiger partial charge in [0.05, 0.1) is 24.5 Å². The summed E-state index contributed by atoms with van der Waals surface area (Å²) >= 11 is 0. The van der Waals surface area contributed by atoms with Gasteiger partial charge in [-0.25, -0.2) is 8.42 Å². The van der Waals surface area contributed by atoms with Crippen LogP contribution in [0.4, 0.5) is 0 Å². The van der Waals surface area contributed by atoms with Crippen LogP contribution in [-0.2, 0) is 26.0 Å². The lowest BCUT2D eigenvalue weighted by Crippen LogP contribution is -2.55. The number of rotatable bonds is 5. The second-order valence-corrected chi connectivity index (χ2v) is 7.62. The van der Waals surface area contributed by atoms with E-state index in [2.05, 4.69) is 5.10 Å². The minimum atomic E-state index is -3.59. The van der Waals surface area contributed by atoms with E-state index in [1.165, 1.54) is 21.3 Å². The van der Waals surface area contributed by atoms with Crippen LogP contribution in [0.3, 0.4) is 0 Å². The van der Waals surface area contributed by atoms with Gasteiger partial charge in [0, 0.05) is 26.7 Å². The van der Waals surface area contributed by atoms with Gasteiger partial charge in [-0.1, -0.05) is 0 Å². The van der Waals surface area contributed by atoms with Crippen LogP contribution in [0.2, 0.25) is 0 Å². The molecule has 1 aliphatic heterocycles. The highest BCUT2D eigenvalue weighted by Crippen LogP contribution is 2.26. The van der Waals surface area contributed by atoms with Gasteiger partial charge in [0.25, 0.3) is 10.0 Å². The Morgan fingerprint density at radius 1 is 1.52 bits per heavy atom. The smallest absolute Gasteiger partial charge is 0.260 e. The van der Waals surface area contributed by atoms with Crippen molar-refractivity contribution in [2.75, 3.05) is 26.8 Å². The largest absolute Gasteiger partial charge is 0.382 e. The Hall–Kier alpha value is -0.960. The van der Waals surface area contributed by atoms with Crippen molar-refractivity contribution in [1.82, 2.24) is 14.1 Å². The maximum atomic E-state index is 12.8. The van der Waals surface area contributed by atoms with E-state index in [-0.39, 0.29) is 17.7 Å². The van der Waals surface area contributed by atoms with Crippen molar-refractivity contribution >= 4 is 10.0 Å². The molecule has 1 saturated heterocycles. The van der Waals surface area contributed by atoms with Gasteiger partial charge in [-0.2, -0.15) is 9.40 Å². The number of nitrogens with zero attached hydrogens (tertiary/aromatic N) is 3. The number of aryl methyl sites for hydroxylation is 1. The first-order chi connectivity index (χ1) is 9.80. The van der Waals surface area contributed by atoms with Crippen molar-refractivity contribution < 1.29 is 17.9 Å². The maximum Gasteiger partial charge on any atom is 0.260 e. The summed E-state index contributed by atoms with van der Waals surface area (Å²) in [4.78, 5) is 0. The zero-order chi connectivity index (χ0) is 15.7. The molecule has 0 unspecified atom stereocenters. The highest BCUT2D eigenvalue weighted by atomic mass is 32.2. The highest BCUT2D eigenvalue weighted by molar-refractivity contribution is 7.89. The third-order valence-corrected chi connectivity index (χ3v) is 5.22. The fraction of sp³-hybridized carbons (Fsp3) is 0.769. The van der Waals surface area contributed by atoms with E-state index < -0.39 is 15.6 Å². The molecule has 0 radical (unpaired) electrons. The van der Waals surface area contributed by atoms with Crippen LogP contribution in [0.5, 0.6) is 0 Å². The number of hydrogen-bond donors (Lipinski definition) is 0. The Kier molecular flexibility index (Phi) is 4.72. The lowest BCUT2D eigenvalue weighted by atomic mass is 10.1. The van der Waals surface area contributed by atoms with Gasteiger partial charge in [-0.3, -0.25) is 4.68 Å². The van der Waals surface area contributed by atoms with Gasteiger partial charge in [-0.15, -0.1) is 0 Å². The summed E-state index contributed by atoms with van der Waals surface area (Å²) < 4.78 is 39.6. The second-order valence-electron chi connectivity index (χ2n) is 5.74. The van der Waals surface area contributed by atoms with Crippen LogP contribution in [0.25, 0.3) is 0 Å².